The van der Waals surface area contributed by atoms with Crippen LogP contribution in [0.3, 0.4) is 0 Å². The topological polar surface area (TPSA) is 12.9 Å². The van der Waals surface area contributed by atoms with Gasteiger partial charge in [-0.25, -0.2) is 4.98 Å². The fraction of sp³-hybridized carbons (Fsp3) is 0.320. The number of hydrogen-bond acceptors (Lipinski definition) is 1. The summed E-state index contributed by atoms with van der Waals surface area (Å²) in [6, 6.07) is 20.1. The average molecular weight is 418 g/mol. The monoisotopic (exact) mass is 417 g/mol. The molecule has 0 amide bonds. The van der Waals surface area contributed by atoms with Crippen molar-refractivity contribution in [3.63, 3.8) is 0 Å². The predicted molar refractivity (Wildman–Crippen MR) is 114 cm³/mol. The van der Waals surface area contributed by atoms with Crippen LogP contribution in [-0.2, 0) is 31.1 Å². The first kappa shape index (κ1) is 17.2. The molecule has 5 rings (SSSR count). The number of halogens is 1. The maximum Gasteiger partial charge on any atom is 0.106 e. The summed E-state index contributed by atoms with van der Waals surface area (Å²) in [5.74, 6) is 0. The van der Waals surface area contributed by atoms with Crippen LogP contribution < -0.4 is 0 Å². The molecule has 2 heteroatoms. The van der Waals surface area contributed by atoms with Crippen LogP contribution in [-0.4, -0.2) is 4.98 Å². The van der Waals surface area contributed by atoms with Gasteiger partial charge in [-0.2, -0.15) is 0 Å². The highest BCUT2D eigenvalue weighted by Gasteiger charge is 2.46. The van der Waals surface area contributed by atoms with Crippen LogP contribution in [0.5, 0.6) is 0 Å². The fourth-order valence-corrected chi connectivity index (χ4v) is 5.99. The third-order valence-electron chi connectivity index (χ3n) is 6.62. The number of benzene rings is 2. The van der Waals surface area contributed by atoms with Crippen LogP contribution in [0, 0.1) is 6.92 Å². The summed E-state index contributed by atoms with van der Waals surface area (Å²) in [5, 5.41) is 0. The van der Waals surface area contributed by atoms with Crippen molar-refractivity contribution in [1.29, 1.82) is 0 Å². The molecule has 3 aromatic rings. The molecule has 2 aliphatic rings. The minimum absolute atomic E-state index is 0.247. The van der Waals surface area contributed by atoms with Gasteiger partial charge in [0.25, 0.3) is 0 Å². The molecule has 0 N–H and O–H groups in total. The summed E-state index contributed by atoms with van der Waals surface area (Å²) in [6.45, 7) is 2.30. The number of nitrogens with zero attached hydrogens (tertiary/aromatic N) is 1. The van der Waals surface area contributed by atoms with Crippen molar-refractivity contribution in [2.45, 2.75) is 50.9 Å². The standard InChI is InChI=1S/C25H24BrN/c1-17-5-2-6-19-13-15-25(23(17)19)16-14-20-8-3-7-18(24(20)25)11-12-21-9-4-10-22(26)27-21/h2-10H,11-16H2,1H3/t25-/m1/s1. The summed E-state index contributed by atoms with van der Waals surface area (Å²) in [5.41, 5.74) is 10.8. The van der Waals surface area contributed by atoms with Gasteiger partial charge in [-0.1, -0.05) is 42.5 Å². The lowest BCUT2D eigenvalue weighted by Crippen LogP contribution is -2.24. The molecule has 2 aromatic carbocycles. The van der Waals surface area contributed by atoms with E-state index in [4.69, 9.17) is 0 Å². The van der Waals surface area contributed by atoms with Gasteiger partial charge in [0.15, 0.2) is 0 Å². The predicted octanol–water partition coefficient (Wildman–Crippen LogP) is 6.12. The minimum Gasteiger partial charge on any atom is -0.246 e. The molecule has 1 nitrogen and oxygen atoms in total. The Kier molecular flexibility index (Phi) is 4.20. The van der Waals surface area contributed by atoms with E-state index in [2.05, 4.69) is 76.4 Å². The Labute approximate surface area is 170 Å². The van der Waals surface area contributed by atoms with E-state index < -0.39 is 0 Å². The zero-order chi connectivity index (χ0) is 18.4. The van der Waals surface area contributed by atoms with Crippen molar-refractivity contribution in [1.82, 2.24) is 4.98 Å². The second kappa shape index (κ2) is 6.60. The highest BCUT2D eigenvalue weighted by Crippen LogP contribution is 2.54. The molecular formula is C25H24BrN. The summed E-state index contributed by atoms with van der Waals surface area (Å²) in [7, 11) is 0. The van der Waals surface area contributed by atoms with E-state index in [0.29, 0.717) is 0 Å². The van der Waals surface area contributed by atoms with Gasteiger partial charge in [-0.05, 0) is 107 Å². The molecule has 1 spiro atoms. The zero-order valence-corrected chi connectivity index (χ0v) is 17.3. The molecular weight excluding hydrogens is 394 g/mol. The van der Waals surface area contributed by atoms with Gasteiger partial charge in [-0.3, -0.25) is 0 Å². The molecule has 0 bridgehead atoms. The molecule has 0 aliphatic heterocycles. The van der Waals surface area contributed by atoms with Crippen LogP contribution >= 0.6 is 15.9 Å². The van der Waals surface area contributed by atoms with Gasteiger partial charge >= 0.3 is 0 Å². The number of hydrogen-bond donors (Lipinski definition) is 0. The van der Waals surface area contributed by atoms with Gasteiger partial charge in [-0.15, -0.1) is 0 Å². The number of aromatic nitrogens is 1. The second-order valence-electron chi connectivity index (χ2n) is 8.09. The molecule has 27 heavy (non-hydrogen) atoms. The number of fused-ring (bicyclic) bond motifs is 4. The molecule has 1 atom stereocenters. The van der Waals surface area contributed by atoms with Crippen molar-refractivity contribution in [3.05, 3.63) is 98.3 Å². The van der Waals surface area contributed by atoms with Crippen molar-refractivity contribution < 1.29 is 0 Å². The molecule has 0 saturated carbocycles. The van der Waals surface area contributed by atoms with Gasteiger partial charge in [0.1, 0.15) is 4.60 Å². The summed E-state index contributed by atoms with van der Waals surface area (Å²) in [6.07, 6.45) is 7.03. The van der Waals surface area contributed by atoms with Gasteiger partial charge in [0.05, 0.1) is 0 Å². The Morgan fingerprint density at radius 1 is 0.852 bits per heavy atom. The third-order valence-corrected chi connectivity index (χ3v) is 7.06. The Hall–Kier alpha value is -1.93. The Balaban J connectivity index is 1.56. The maximum absolute atomic E-state index is 4.64. The van der Waals surface area contributed by atoms with E-state index in [1.807, 2.05) is 6.07 Å². The Morgan fingerprint density at radius 2 is 1.56 bits per heavy atom. The largest absolute Gasteiger partial charge is 0.246 e. The first-order chi connectivity index (χ1) is 13.2. The van der Waals surface area contributed by atoms with Crippen LogP contribution in [0.2, 0.25) is 0 Å². The summed E-state index contributed by atoms with van der Waals surface area (Å²) >= 11 is 3.50. The van der Waals surface area contributed by atoms with Crippen molar-refractivity contribution in [2.24, 2.45) is 0 Å². The average Bonchev–Trinajstić information content (AvgIpc) is 3.24. The first-order valence-corrected chi connectivity index (χ1v) is 10.8. The normalized spacial score (nSPS) is 20.1. The first-order valence-electron chi connectivity index (χ1n) is 9.99. The Morgan fingerprint density at radius 3 is 2.33 bits per heavy atom. The smallest absolute Gasteiger partial charge is 0.106 e. The number of aryl methyl sites for hydroxylation is 5. The van der Waals surface area contributed by atoms with Gasteiger partial charge in [0, 0.05) is 11.1 Å². The van der Waals surface area contributed by atoms with E-state index in [0.717, 1.165) is 23.1 Å². The summed E-state index contributed by atoms with van der Waals surface area (Å²) in [4.78, 5) is 4.64. The van der Waals surface area contributed by atoms with E-state index in [1.165, 1.54) is 36.8 Å². The van der Waals surface area contributed by atoms with Crippen molar-refractivity contribution >= 4 is 15.9 Å². The fourth-order valence-electron chi connectivity index (χ4n) is 5.60. The molecule has 0 fully saturated rings. The lowest BCUT2D eigenvalue weighted by molar-refractivity contribution is 0.501. The zero-order valence-electron chi connectivity index (χ0n) is 15.8. The van der Waals surface area contributed by atoms with E-state index in [1.54, 1.807) is 22.3 Å². The number of pyridine rings is 1. The highest BCUT2D eigenvalue weighted by molar-refractivity contribution is 9.10. The van der Waals surface area contributed by atoms with Gasteiger partial charge < -0.3 is 0 Å². The van der Waals surface area contributed by atoms with Crippen LogP contribution in [0.15, 0.2) is 59.2 Å². The summed E-state index contributed by atoms with van der Waals surface area (Å²) < 4.78 is 0.926. The maximum atomic E-state index is 4.64. The van der Waals surface area contributed by atoms with Gasteiger partial charge in [0.2, 0.25) is 0 Å². The SMILES string of the molecule is Cc1cccc2c1[C@@]1(CC2)CCc2cccc(CCc3cccc(Br)n3)c21. The van der Waals surface area contributed by atoms with Crippen LogP contribution in [0.4, 0.5) is 0 Å². The second-order valence-corrected chi connectivity index (χ2v) is 8.91. The third kappa shape index (κ3) is 2.77. The molecule has 0 unspecified atom stereocenters. The van der Waals surface area contributed by atoms with Crippen LogP contribution in [0.1, 0.15) is 51.9 Å². The van der Waals surface area contributed by atoms with E-state index in [9.17, 15) is 0 Å². The number of rotatable bonds is 3. The Bertz CT molecular complexity index is 1020. The lowest BCUT2D eigenvalue weighted by Gasteiger charge is -2.30. The molecule has 1 heterocycles. The van der Waals surface area contributed by atoms with E-state index >= 15 is 0 Å². The van der Waals surface area contributed by atoms with Crippen molar-refractivity contribution in [2.75, 3.05) is 0 Å². The van der Waals surface area contributed by atoms with Crippen LogP contribution in [0.25, 0.3) is 0 Å². The molecule has 136 valence electrons. The molecule has 2 aliphatic carbocycles. The molecule has 0 saturated heterocycles. The van der Waals surface area contributed by atoms with Crippen molar-refractivity contribution in [3.8, 4) is 0 Å². The highest BCUT2D eigenvalue weighted by atomic mass is 79.9. The quantitative estimate of drug-likeness (QED) is 0.467. The van der Waals surface area contributed by atoms with E-state index in [-0.39, 0.29) is 5.41 Å². The molecule has 1 aromatic heterocycles. The lowest BCUT2D eigenvalue weighted by atomic mass is 9.73. The minimum atomic E-state index is 0.247. The molecule has 0 radical (unpaired) electrons.